The van der Waals surface area contributed by atoms with Gasteiger partial charge >= 0.3 is 0 Å². The Labute approximate surface area is 161 Å². The van der Waals surface area contributed by atoms with Crippen LogP contribution in [-0.2, 0) is 5.54 Å². The quantitative estimate of drug-likeness (QED) is 0.404. The summed E-state index contributed by atoms with van der Waals surface area (Å²) in [6.45, 7) is 0. The van der Waals surface area contributed by atoms with Crippen molar-refractivity contribution in [2.45, 2.75) is 5.54 Å². The zero-order valence-electron chi connectivity index (χ0n) is 15.0. The van der Waals surface area contributed by atoms with E-state index in [0.29, 0.717) is 0 Å². The maximum atomic E-state index is 13.9. The smallest absolute Gasteiger partial charge is 0.199 e. The molecule has 0 saturated heterocycles. The molecule has 0 atom stereocenters. The SMILES string of the molecule is O=C1c2ccccc2NC1(c1c[nH]c2ccccc12)c1c[nH]c2ccccc12. The molecule has 3 aromatic carbocycles. The molecule has 28 heavy (non-hydrogen) atoms. The third kappa shape index (κ3) is 1.81. The second kappa shape index (κ2) is 5.36. The molecule has 0 radical (unpaired) electrons. The summed E-state index contributed by atoms with van der Waals surface area (Å²) in [4.78, 5) is 20.6. The fourth-order valence-electron chi connectivity index (χ4n) is 4.54. The highest BCUT2D eigenvalue weighted by atomic mass is 16.1. The van der Waals surface area contributed by atoms with Crippen molar-refractivity contribution in [3.63, 3.8) is 0 Å². The minimum absolute atomic E-state index is 0.0672. The van der Waals surface area contributed by atoms with Crippen molar-refractivity contribution in [1.29, 1.82) is 0 Å². The van der Waals surface area contributed by atoms with Gasteiger partial charge < -0.3 is 15.3 Å². The van der Waals surface area contributed by atoms with Gasteiger partial charge in [-0.05, 0) is 24.3 Å². The van der Waals surface area contributed by atoms with E-state index in [4.69, 9.17) is 0 Å². The first kappa shape index (κ1) is 15.3. The minimum Gasteiger partial charge on any atom is -0.365 e. The number of para-hydroxylation sites is 3. The van der Waals surface area contributed by atoms with Gasteiger partial charge in [0.2, 0.25) is 0 Å². The lowest BCUT2D eigenvalue weighted by atomic mass is 9.79. The van der Waals surface area contributed by atoms with Crippen molar-refractivity contribution < 1.29 is 4.79 Å². The Hall–Kier alpha value is -3.79. The second-order valence-electron chi connectivity index (χ2n) is 7.25. The molecule has 2 aromatic heterocycles. The van der Waals surface area contributed by atoms with Crippen LogP contribution in [0.25, 0.3) is 21.8 Å². The van der Waals surface area contributed by atoms with E-state index in [1.165, 1.54) is 0 Å². The molecule has 3 heterocycles. The van der Waals surface area contributed by atoms with Crippen LogP contribution in [0.4, 0.5) is 5.69 Å². The topological polar surface area (TPSA) is 60.7 Å². The van der Waals surface area contributed by atoms with Crippen molar-refractivity contribution in [3.8, 4) is 0 Å². The number of carbonyl (C=O) groups is 1. The predicted molar refractivity (Wildman–Crippen MR) is 112 cm³/mol. The van der Waals surface area contributed by atoms with Crippen LogP contribution in [0.15, 0.2) is 85.2 Å². The van der Waals surface area contributed by atoms with E-state index in [2.05, 4.69) is 27.4 Å². The lowest BCUT2D eigenvalue weighted by Crippen LogP contribution is -2.39. The normalized spacial score (nSPS) is 15.1. The van der Waals surface area contributed by atoms with Gasteiger partial charge in [-0.1, -0.05) is 48.5 Å². The molecule has 134 valence electrons. The van der Waals surface area contributed by atoms with Gasteiger partial charge in [-0.25, -0.2) is 0 Å². The van der Waals surface area contributed by atoms with Gasteiger partial charge in [-0.3, -0.25) is 4.79 Å². The maximum Gasteiger partial charge on any atom is 0.199 e. The number of ketones is 1. The van der Waals surface area contributed by atoms with Crippen LogP contribution in [0.2, 0.25) is 0 Å². The van der Waals surface area contributed by atoms with E-state index in [-0.39, 0.29) is 5.78 Å². The fourth-order valence-corrected chi connectivity index (χ4v) is 4.54. The predicted octanol–water partition coefficient (Wildman–Crippen LogP) is 5.20. The number of anilines is 1. The number of nitrogens with one attached hydrogen (secondary N) is 3. The summed E-state index contributed by atoms with van der Waals surface area (Å²) in [6.07, 6.45) is 3.92. The summed E-state index contributed by atoms with van der Waals surface area (Å²) in [6, 6.07) is 24.0. The number of rotatable bonds is 2. The molecular weight excluding hydrogens is 346 g/mol. The molecule has 0 fully saturated rings. The number of benzene rings is 3. The molecule has 4 nitrogen and oxygen atoms in total. The first-order valence-corrected chi connectivity index (χ1v) is 9.34. The van der Waals surface area contributed by atoms with Crippen LogP contribution < -0.4 is 5.32 Å². The number of carbonyl (C=O) groups excluding carboxylic acids is 1. The van der Waals surface area contributed by atoms with Crippen LogP contribution in [0.1, 0.15) is 21.5 Å². The zero-order chi connectivity index (χ0) is 18.7. The standard InChI is InChI=1S/C24H17N3O/c28-23-17-9-3-6-12-22(17)27-24(23,18-13-25-20-10-4-1-7-15(18)20)19-14-26-21-11-5-2-8-16(19)21/h1-14,25-27H. The molecule has 1 aliphatic heterocycles. The highest BCUT2D eigenvalue weighted by molar-refractivity contribution is 6.18. The lowest BCUT2D eigenvalue weighted by Gasteiger charge is -2.28. The van der Waals surface area contributed by atoms with Crippen LogP contribution in [0, 0.1) is 0 Å². The Morgan fingerprint density at radius 3 is 1.79 bits per heavy atom. The van der Waals surface area contributed by atoms with Crippen LogP contribution in [-0.4, -0.2) is 15.8 Å². The zero-order valence-corrected chi connectivity index (χ0v) is 15.0. The first-order chi connectivity index (χ1) is 13.8. The Balaban J connectivity index is 1.73. The third-order valence-electron chi connectivity index (χ3n) is 5.82. The Kier molecular flexibility index (Phi) is 2.93. The fraction of sp³-hybridized carbons (Fsp3) is 0.0417. The van der Waals surface area contributed by atoms with E-state index < -0.39 is 5.54 Å². The van der Waals surface area contributed by atoms with Gasteiger partial charge in [-0.15, -0.1) is 0 Å². The number of Topliss-reactive ketones (excluding diaryl/α,β-unsaturated/α-hetero) is 1. The maximum absolute atomic E-state index is 13.9. The molecule has 0 spiro atoms. The van der Waals surface area contributed by atoms with Crippen molar-refractivity contribution in [2.75, 3.05) is 5.32 Å². The number of fused-ring (bicyclic) bond motifs is 3. The van der Waals surface area contributed by atoms with Gasteiger partial charge in [0.05, 0.1) is 0 Å². The van der Waals surface area contributed by atoms with E-state index in [0.717, 1.165) is 44.2 Å². The van der Waals surface area contributed by atoms with Gasteiger partial charge in [0, 0.05) is 56.6 Å². The molecule has 3 N–H and O–H groups in total. The van der Waals surface area contributed by atoms with Gasteiger partial charge in [0.1, 0.15) is 0 Å². The van der Waals surface area contributed by atoms with Crippen molar-refractivity contribution in [3.05, 3.63) is 102 Å². The number of H-pyrrole nitrogens is 2. The number of aromatic amines is 2. The van der Waals surface area contributed by atoms with E-state index >= 15 is 0 Å². The molecule has 0 saturated carbocycles. The summed E-state index contributed by atoms with van der Waals surface area (Å²) >= 11 is 0. The van der Waals surface area contributed by atoms with Gasteiger partial charge in [0.25, 0.3) is 0 Å². The van der Waals surface area contributed by atoms with E-state index in [1.807, 2.05) is 73.1 Å². The average molecular weight is 363 g/mol. The third-order valence-corrected chi connectivity index (χ3v) is 5.82. The molecule has 0 unspecified atom stereocenters. The summed E-state index contributed by atoms with van der Waals surface area (Å²) < 4.78 is 0. The number of hydrogen-bond acceptors (Lipinski definition) is 2. The van der Waals surface area contributed by atoms with Gasteiger partial charge in [-0.2, -0.15) is 0 Å². The Bertz CT molecular complexity index is 1300. The molecule has 6 rings (SSSR count). The molecule has 5 aromatic rings. The molecule has 4 heteroatoms. The molecule has 0 aliphatic carbocycles. The van der Waals surface area contributed by atoms with Crippen LogP contribution in [0.3, 0.4) is 0 Å². The van der Waals surface area contributed by atoms with Crippen LogP contribution in [0.5, 0.6) is 0 Å². The number of aromatic nitrogens is 2. The minimum atomic E-state index is -0.983. The molecular formula is C24H17N3O. The molecule has 1 aliphatic rings. The highest BCUT2D eigenvalue weighted by Gasteiger charge is 2.50. The summed E-state index contributed by atoms with van der Waals surface area (Å²) in [5.74, 6) is 0.0672. The second-order valence-corrected chi connectivity index (χ2v) is 7.25. The number of hydrogen-bond donors (Lipinski definition) is 3. The van der Waals surface area contributed by atoms with Crippen LogP contribution >= 0.6 is 0 Å². The van der Waals surface area contributed by atoms with Crippen molar-refractivity contribution >= 4 is 33.3 Å². The molecule has 0 amide bonds. The largest absolute Gasteiger partial charge is 0.365 e. The van der Waals surface area contributed by atoms with E-state index in [1.54, 1.807) is 0 Å². The van der Waals surface area contributed by atoms with E-state index in [9.17, 15) is 4.79 Å². The Morgan fingerprint density at radius 2 is 1.18 bits per heavy atom. The van der Waals surface area contributed by atoms with Crippen molar-refractivity contribution in [2.24, 2.45) is 0 Å². The highest BCUT2D eigenvalue weighted by Crippen LogP contribution is 2.47. The monoisotopic (exact) mass is 363 g/mol. The Morgan fingerprint density at radius 1 is 0.643 bits per heavy atom. The lowest BCUT2D eigenvalue weighted by molar-refractivity contribution is 0.0942. The average Bonchev–Trinajstić information content (AvgIpc) is 3.43. The summed E-state index contributed by atoms with van der Waals surface area (Å²) in [7, 11) is 0. The summed E-state index contributed by atoms with van der Waals surface area (Å²) in [5.41, 5.74) is 4.51. The molecule has 0 bridgehead atoms. The first-order valence-electron chi connectivity index (χ1n) is 9.34. The van der Waals surface area contributed by atoms with Crippen molar-refractivity contribution in [1.82, 2.24) is 9.97 Å². The summed E-state index contributed by atoms with van der Waals surface area (Å²) in [5, 5.41) is 5.68. The van der Waals surface area contributed by atoms with Gasteiger partial charge in [0.15, 0.2) is 11.3 Å².